The number of hydrogen-bond donors (Lipinski definition) is 3. The van der Waals surface area contributed by atoms with Crippen molar-refractivity contribution in [3.05, 3.63) is 59.7 Å². The van der Waals surface area contributed by atoms with Crippen LogP contribution in [0.15, 0.2) is 48.5 Å². The Balaban J connectivity index is 1.65. The van der Waals surface area contributed by atoms with Gasteiger partial charge in [0.15, 0.2) is 0 Å². The van der Waals surface area contributed by atoms with Crippen molar-refractivity contribution < 1.29 is 29.0 Å². The molecule has 0 saturated carbocycles. The summed E-state index contributed by atoms with van der Waals surface area (Å²) >= 11 is 0. The van der Waals surface area contributed by atoms with Gasteiger partial charge < -0.3 is 25.2 Å². The number of carbonyl (C=O) groups is 3. The van der Waals surface area contributed by atoms with E-state index in [2.05, 4.69) is 22.8 Å². The number of carboxylic acid groups (broad SMARTS) is 1. The van der Waals surface area contributed by atoms with E-state index in [4.69, 9.17) is 9.47 Å². The zero-order chi connectivity index (χ0) is 24.7. The fraction of sp³-hybridized carbons (Fsp3) is 0.423. The predicted octanol–water partition coefficient (Wildman–Crippen LogP) is 3.55. The van der Waals surface area contributed by atoms with Crippen molar-refractivity contribution in [3.63, 3.8) is 0 Å². The van der Waals surface area contributed by atoms with Crippen molar-refractivity contribution in [2.75, 3.05) is 20.3 Å². The van der Waals surface area contributed by atoms with Gasteiger partial charge in [0.05, 0.1) is 0 Å². The van der Waals surface area contributed by atoms with Gasteiger partial charge in [0.2, 0.25) is 5.91 Å². The van der Waals surface area contributed by atoms with E-state index in [-0.39, 0.29) is 37.9 Å². The van der Waals surface area contributed by atoms with Crippen LogP contribution in [-0.4, -0.2) is 55.5 Å². The molecular weight excluding hydrogens is 436 g/mol. The Bertz CT molecular complexity index is 976. The van der Waals surface area contributed by atoms with Crippen molar-refractivity contribution in [1.29, 1.82) is 0 Å². The van der Waals surface area contributed by atoms with E-state index in [1.165, 1.54) is 7.11 Å². The molecular formula is C26H32N2O6. The maximum absolute atomic E-state index is 12.8. The Kier molecular flexibility index (Phi) is 8.65. The highest BCUT2D eigenvalue weighted by atomic mass is 16.5. The molecule has 3 rings (SSSR count). The quantitative estimate of drug-likeness (QED) is 0.465. The molecule has 0 aliphatic heterocycles. The van der Waals surface area contributed by atoms with Gasteiger partial charge in [0.1, 0.15) is 18.7 Å². The lowest BCUT2D eigenvalue weighted by Crippen LogP contribution is -2.52. The second kappa shape index (κ2) is 11.7. The SMILES string of the molecule is COCCC(NC(=O)OCC1c2ccccc2-c2ccccc21)C(=O)NC(CC(C)C)C(=O)O. The van der Waals surface area contributed by atoms with Gasteiger partial charge in [0, 0.05) is 26.1 Å². The van der Waals surface area contributed by atoms with Crippen LogP contribution >= 0.6 is 0 Å². The van der Waals surface area contributed by atoms with Crippen LogP contribution in [0.3, 0.4) is 0 Å². The lowest BCUT2D eigenvalue weighted by Gasteiger charge is -2.22. The normalized spacial score (nSPS) is 14.1. The summed E-state index contributed by atoms with van der Waals surface area (Å²) in [4.78, 5) is 36.9. The first-order valence-corrected chi connectivity index (χ1v) is 11.5. The number of hydrogen-bond acceptors (Lipinski definition) is 5. The summed E-state index contributed by atoms with van der Waals surface area (Å²) in [6, 6.07) is 14.0. The molecule has 2 unspecified atom stereocenters. The predicted molar refractivity (Wildman–Crippen MR) is 128 cm³/mol. The molecule has 0 spiro atoms. The van der Waals surface area contributed by atoms with Crippen LogP contribution in [-0.2, 0) is 19.1 Å². The summed E-state index contributed by atoms with van der Waals surface area (Å²) in [6.07, 6.45) is -0.280. The van der Waals surface area contributed by atoms with Crippen molar-refractivity contribution in [2.24, 2.45) is 5.92 Å². The van der Waals surface area contributed by atoms with Crippen LogP contribution in [0.4, 0.5) is 4.79 Å². The summed E-state index contributed by atoms with van der Waals surface area (Å²) in [7, 11) is 1.49. The number of nitrogens with one attached hydrogen (secondary N) is 2. The molecule has 34 heavy (non-hydrogen) atoms. The van der Waals surface area contributed by atoms with Crippen LogP contribution in [0.5, 0.6) is 0 Å². The second-order valence-electron chi connectivity index (χ2n) is 8.83. The minimum Gasteiger partial charge on any atom is -0.480 e. The number of aliphatic carboxylic acids is 1. The van der Waals surface area contributed by atoms with Crippen LogP contribution in [0.25, 0.3) is 11.1 Å². The van der Waals surface area contributed by atoms with Gasteiger partial charge >= 0.3 is 12.1 Å². The summed E-state index contributed by atoms with van der Waals surface area (Å²) in [5, 5.41) is 14.5. The summed E-state index contributed by atoms with van der Waals surface area (Å²) < 4.78 is 10.6. The van der Waals surface area contributed by atoms with E-state index in [0.29, 0.717) is 0 Å². The van der Waals surface area contributed by atoms with Gasteiger partial charge in [-0.05, 0) is 34.6 Å². The van der Waals surface area contributed by atoms with Gasteiger partial charge in [-0.2, -0.15) is 0 Å². The number of carboxylic acids is 1. The van der Waals surface area contributed by atoms with Gasteiger partial charge in [-0.1, -0.05) is 62.4 Å². The van der Waals surface area contributed by atoms with E-state index < -0.39 is 30.1 Å². The molecule has 2 amide bonds. The minimum absolute atomic E-state index is 0.0777. The number of ether oxygens (including phenoxy) is 2. The third-order valence-corrected chi connectivity index (χ3v) is 5.88. The number of methoxy groups -OCH3 is 1. The molecule has 0 radical (unpaired) electrons. The van der Waals surface area contributed by atoms with Crippen molar-refractivity contribution in [1.82, 2.24) is 10.6 Å². The maximum Gasteiger partial charge on any atom is 0.407 e. The molecule has 0 saturated heterocycles. The fourth-order valence-corrected chi connectivity index (χ4v) is 4.25. The number of fused-ring (bicyclic) bond motifs is 3. The van der Waals surface area contributed by atoms with E-state index in [1.54, 1.807) is 0 Å². The first-order valence-electron chi connectivity index (χ1n) is 11.5. The highest BCUT2D eigenvalue weighted by molar-refractivity contribution is 5.89. The van der Waals surface area contributed by atoms with Crippen LogP contribution in [0.1, 0.15) is 43.7 Å². The zero-order valence-corrected chi connectivity index (χ0v) is 19.7. The minimum atomic E-state index is -1.12. The molecule has 1 aliphatic rings. The van der Waals surface area contributed by atoms with Gasteiger partial charge in [-0.3, -0.25) is 4.79 Å². The molecule has 2 aromatic rings. The molecule has 8 heteroatoms. The third kappa shape index (κ3) is 6.14. The van der Waals surface area contributed by atoms with E-state index in [1.807, 2.05) is 50.2 Å². The number of amides is 2. The summed E-state index contributed by atoms with van der Waals surface area (Å²) in [6.45, 7) is 4.08. The number of carbonyl (C=O) groups excluding carboxylic acids is 2. The standard InChI is InChI=1S/C26H32N2O6/c1-16(2)14-23(25(30)31)27-24(29)22(12-13-33-3)28-26(32)34-15-21-19-10-6-4-8-17(19)18-9-5-7-11-20(18)21/h4-11,16,21-23H,12-15H2,1-3H3,(H,27,29)(H,28,32)(H,30,31). The molecule has 2 atom stereocenters. The zero-order valence-electron chi connectivity index (χ0n) is 19.7. The van der Waals surface area contributed by atoms with E-state index in [9.17, 15) is 19.5 Å². The summed E-state index contributed by atoms with van der Waals surface area (Å²) in [5.74, 6) is -1.73. The number of benzene rings is 2. The third-order valence-electron chi connectivity index (χ3n) is 5.88. The van der Waals surface area contributed by atoms with E-state index >= 15 is 0 Å². The van der Waals surface area contributed by atoms with Crippen molar-refractivity contribution in [3.8, 4) is 11.1 Å². The Labute approximate surface area is 199 Å². The Morgan fingerprint density at radius 2 is 1.53 bits per heavy atom. The molecule has 2 aromatic carbocycles. The highest BCUT2D eigenvalue weighted by Crippen LogP contribution is 2.44. The molecule has 0 aromatic heterocycles. The number of alkyl carbamates (subject to hydrolysis) is 1. The monoisotopic (exact) mass is 468 g/mol. The molecule has 182 valence electrons. The molecule has 0 bridgehead atoms. The molecule has 1 aliphatic carbocycles. The Morgan fingerprint density at radius 3 is 2.06 bits per heavy atom. The highest BCUT2D eigenvalue weighted by Gasteiger charge is 2.30. The van der Waals surface area contributed by atoms with Crippen molar-refractivity contribution in [2.45, 2.75) is 44.7 Å². The largest absolute Gasteiger partial charge is 0.480 e. The topological polar surface area (TPSA) is 114 Å². The van der Waals surface area contributed by atoms with Crippen molar-refractivity contribution >= 4 is 18.0 Å². The average Bonchev–Trinajstić information content (AvgIpc) is 3.13. The second-order valence-corrected chi connectivity index (χ2v) is 8.83. The van der Waals surface area contributed by atoms with Crippen LogP contribution < -0.4 is 10.6 Å². The Morgan fingerprint density at radius 1 is 0.941 bits per heavy atom. The molecule has 3 N–H and O–H groups in total. The molecule has 0 fully saturated rings. The van der Waals surface area contributed by atoms with Crippen LogP contribution in [0, 0.1) is 5.92 Å². The van der Waals surface area contributed by atoms with Gasteiger partial charge in [-0.15, -0.1) is 0 Å². The lowest BCUT2D eigenvalue weighted by atomic mass is 9.98. The Hall–Kier alpha value is -3.39. The molecule has 8 nitrogen and oxygen atoms in total. The summed E-state index contributed by atoms with van der Waals surface area (Å²) in [5.41, 5.74) is 4.41. The fourth-order valence-electron chi connectivity index (χ4n) is 4.25. The van der Waals surface area contributed by atoms with Gasteiger partial charge in [-0.25, -0.2) is 9.59 Å². The lowest BCUT2D eigenvalue weighted by molar-refractivity contribution is -0.142. The van der Waals surface area contributed by atoms with Crippen LogP contribution in [0.2, 0.25) is 0 Å². The first kappa shape index (κ1) is 25.2. The number of rotatable bonds is 11. The first-order chi connectivity index (χ1) is 16.3. The average molecular weight is 469 g/mol. The van der Waals surface area contributed by atoms with Gasteiger partial charge in [0.25, 0.3) is 0 Å². The maximum atomic E-state index is 12.8. The van der Waals surface area contributed by atoms with E-state index in [0.717, 1.165) is 22.3 Å². The smallest absolute Gasteiger partial charge is 0.407 e. The molecule has 0 heterocycles.